The highest BCUT2D eigenvalue weighted by atomic mass is 16.2. The molecule has 0 aromatic carbocycles. The van der Waals surface area contributed by atoms with Gasteiger partial charge in [0.1, 0.15) is 5.78 Å². The molecule has 1 atom stereocenters. The van der Waals surface area contributed by atoms with Crippen molar-refractivity contribution in [2.45, 2.75) is 39.2 Å². The molecule has 0 N–H and O–H groups in total. The molecule has 4 nitrogen and oxygen atoms in total. The molecule has 92 valence electrons. The van der Waals surface area contributed by atoms with Crippen LogP contribution in [0.25, 0.3) is 0 Å². The fraction of sp³-hybridized carbons (Fsp3) is 0.833. The third kappa shape index (κ3) is 3.30. The Labute approximate surface area is 97.6 Å². The highest BCUT2D eigenvalue weighted by Gasteiger charge is 2.27. The van der Waals surface area contributed by atoms with E-state index in [4.69, 9.17) is 0 Å². The third-order valence-corrected chi connectivity index (χ3v) is 3.32. The fourth-order valence-corrected chi connectivity index (χ4v) is 2.11. The second kappa shape index (κ2) is 5.99. The van der Waals surface area contributed by atoms with E-state index in [0.29, 0.717) is 6.54 Å². The van der Waals surface area contributed by atoms with Crippen molar-refractivity contribution < 1.29 is 9.59 Å². The summed E-state index contributed by atoms with van der Waals surface area (Å²) >= 11 is 0. The maximum absolute atomic E-state index is 11.8. The first-order chi connectivity index (χ1) is 7.56. The van der Waals surface area contributed by atoms with E-state index in [2.05, 4.69) is 0 Å². The monoisotopic (exact) mass is 226 g/mol. The van der Waals surface area contributed by atoms with Crippen LogP contribution in [0.1, 0.15) is 33.1 Å². The molecule has 0 radical (unpaired) electrons. The Morgan fingerprint density at radius 3 is 2.62 bits per heavy atom. The van der Waals surface area contributed by atoms with Gasteiger partial charge in [-0.3, -0.25) is 14.5 Å². The van der Waals surface area contributed by atoms with E-state index in [1.807, 2.05) is 11.8 Å². The van der Waals surface area contributed by atoms with Crippen molar-refractivity contribution >= 4 is 11.7 Å². The van der Waals surface area contributed by atoms with Crippen LogP contribution in [0.4, 0.5) is 0 Å². The van der Waals surface area contributed by atoms with Gasteiger partial charge in [0.15, 0.2) is 0 Å². The summed E-state index contributed by atoms with van der Waals surface area (Å²) in [4.78, 5) is 27.0. The van der Waals surface area contributed by atoms with Gasteiger partial charge in [-0.2, -0.15) is 0 Å². The zero-order valence-corrected chi connectivity index (χ0v) is 10.5. The minimum atomic E-state index is -0.0389. The molecule has 1 unspecified atom stereocenters. The summed E-state index contributed by atoms with van der Waals surface area (Å²) in [6.07, 6.45) is 3.09. The van der Waals surface area contributed by atoms with Gasteiger partial charge in [-0.1, -0.05) is 6.42 Å². The highest BCUT2D eigenvalue weighted by molar-refractivity contribution is 5.83. The summed E-state index contributed by atoms with van der Waals surface area (Å²) in [5.74, 6) is 0.294. The predicted octanol–water partition coefficient (Wildman–Crippen LogP) is 0.908. The van der Waals surface area contributed by atoms with Crippen molar-refractivity contribution in [2.24, 2.45) is 0 Å². The van der Waals surface area contributed by atoms with Gasteiger partial charge in [0.2, 0.25) is 5.91 Å². The van der Waals surface area contributed by atoms with Gasteiger partial charge in [0.05, 0.1) is 12.6 Å². The SMILES string of the molecule is CCN(C)C(=O)CN1CCCCC1C(C)=O. The number of likely N-dealkylation sites (tertiary alicyclic amines) is 1. The smallest absolute Gasteiger partial charge is 0.236 e. The zero-order valence-electron chi connectivity index (χ0n) is 10.5. The number of carbonyl (C=O) groups is 2. The lowest BCUT2D eigenvalue weighted by Crippen LogP contribution is -2.48. The maximum atomic E-state index is 11.8. The summed E-state index contributed by atoms with van der Waals surface area (Å²) in [5, 5.41) is 0. The van der Waals surface area contributed by atoms with Crippen LogP contribution in [0.3, 0.4) is 0 Å². The Bertz CT molecular complexity index is 266. The largest absolute Gasteiger partial charge is 0.345 e. The highest BCUT2D eigenvalue weighted by Crippen LogP contribution is 2.17. The number of Topliss-reactive ketones (excluding diaryl/α,β-unsaturated/α-hetero) is 1. The molecule has 0 saturated carbocycles. The lowest BCUT2D eigenvalue weighted by atomic mass is 9.99. The number of piperidine rings is 1. The minimum Gasteiger partial charge on any atom is -0.345 e. The molecule has 0 spiro atoms. The number of ketones is 1. The summed E-state index contributed by atoms with van der Waals surface area (Å²) in [5.41, 5.74) is 0. The number of likely N-dealkylation sites (N-methyl/N-ethyl adjacent to an activating group) is 1. The molecule has 0 aromatic rings. The first-order valence-electron chi connectivity index (χ1n) is 6.04. The Morgan fingerprint density at radius 2 is 2.06 bits per heavy atom. The van der Waals surface area contributed by atoms with Crippen LogP contribution < -0.4 is 0 Å². The second-order valence-electron chi connectivity index (χ2n) is 4.50. The molecule has 1 heterocycles. The van der Waals surface area contributed by atoms with Crippen LogP contribution >= 0.6 is 0 Å². The number of amides is 1. The summed E-state index contributed by atoms with van der Waals surface area (Å²) < 4.78 is 0. The average molecular weight is 226 g/mol. The molecule has 4 heteroatoms. The van der Waals surface area contributed by atoms with E-state index in [1.165, 1.54) is 0 Å². The quantitative estimate of drug-likeness (QED) is 0.715. The van der Waals surface area contributed by atoms with Crippen LogP contribution in [-0.4, -0.2) is 54.2 Å². The van der Waals surface area contributed by atoms with Crippen LogP contribution in [0.5, 0.6) is 0 Å². The van der Waals surface area contributed by atoms with E-state index < -0.39 is 0 Å². The van der Waals surface area contributed by atoms with Gasteiger partial charge in [-0.25, -0.2) is 0 Å². The van der Waals surface area contributed by atoms with E-state index in [0.717, 1.165) is 32.4 Å². The third-order valence-electron chi connectivity index (χ3n) is 3.32. The van der Waals surface area contributed by atoms with Crippen LogP contribution in [-0.2, 0) is 9.59 Å². The summed E-state index contributed by atoms with van der Waals surface area (Å²) in [7, 11) is 1.80. The van der Waals surface area contributed by atoms with Gasteiger partial charge < -0.3 is 4.90 Å². The van der Waals surface area contributed by atoms with Crippen molar-refractivity contribution in [1.82, 2.24) is 9.80 Å². The van der Waals surface area contributed by atoms with Crippen molar-refractivity contribution in [3.8, 4) is 0 Å². The van der Waals surface area contributed by atoms with Crippen LogP contribution in [0.2, 0.25) is 0 Å². The molecular weight excluding hydrogens is 204 g/mol. The van der Waals surface area contributed by atoms with Crippen LogP contribution in [0.15, 0.2) is 0 Å². The van der Waals surface area contributed by atoms with Gasteiger partial charge in [-0.15, -0.1) is 0 Å². The van der Waals surface area contributed by atoms with Gasteiger partial charge in [-0.05, 0) is 33.2 Å². The molecule has 0 aromatic heterocycles. The zero-order chi connectivity index (χ0) is 12.1. The molecule has 1 saturated heterocycles. The molecular formula is C12H22N2O2. The Balaban J connectivity index is 2.56. The first-order valence-corrected chi connectivity index (χ1v) is 6.04. The molecule has 16 heavy (non-hydrogen) atoms. The second-order valence-corrected chi connectivity index (χ2v) is 4.50. The van der Waals surface area contributed by atoms with Gasteiger partial charge in [0.25, 0.3) is 0 Å². The lowest BCUT2D eigenvalue weighted by molar-refractivity contribution is -0.133. The predicted molar refractivity (Wildman–Crippen MR) is 63.2 cm³/mol. The van der Waals surface area contributed by atoms with E-state index >= 15 is 0 Å². The number of carbonyl (C=O) groups excluding carboxylic acids is 2. The molecule has 0 bridgehead atoms. The Kier molecular flexibility index (Phi) is 4.93. The van der Waals surface area contributed by atoms with Crippen molar-refractivity contribution in [3.05, 3.63) is 0 Å². The van der Waals surface area contributed by atoms with Gasteiger partial charge >= 0.3 is 0 Å². The number of rotatable bonds is 4. The van der Waals surface area contributed by atoms with Crippen LogP contribution in [0, 0.1) is 0 Å². The molecule has 0 aliphatic carbocycles. The normalized spacial score (nSPS) is 21.8. The average Bonchev–Trinajstić information content (AvgIpc) is 2.28. The topological polar surface area (TPSA) is 40.6 Å². The molecule has 1 amide bonds. The van der Waals surface area contributed by atoms with Crippen molar-refractivity contribution in [3.63, 3.8) is 0 Å². The molecule has 1 aliphatic heterocycles. The fourth-order valence-electron chi connectivity index (χ4n) is 2.11. The van der Waals surface area contributed by atoms with E-state index in [9.17, 15) is 9.59 Å². The van der Waals surface area contributed by atoms with Crippen molar-refractivity contribution in [2.75, 3.05) is 26.7 Å². The summed E-state index contributed by atoms with van der Waals surface area (Å²) in [6, 6.07) is -0.0389. The summed E-state index contributed by atoms with van der Waals surface area (Å²) in [6.45, 7) is 5.55. The number of nitrogens with zero attached hydrogens (tertiary/aromatic N) is 2. The molecule has 1 aliphatic rings. The van der Waals surface area contributed by atoms with Gasteiger partial charge in [0, 0.05) is 13.6 Å². The van der Waals surface area contributed by atoms with E-state index in [1.54, 1.807) is 18.9 Å². The Morgan fingerprint density at radius 1 is 1.38 bits per heavy atom. The number of hydrogen-bond donors (Lipinski definition) is 0. The lowest BCUT2D eigenvalue weighted by Gasteiger charge is -2.34. The number of hydrogen-bond acceptors (Lipinski definition) is 3. The van der Waals surface area contributed by atoms with Crippen molar-refractivity contribution in [1.29, 1.82) is 0 Å². The molecule has 1 rings (SSSR count). The molecule has 1 fully saturated rings. The van der Waals surface area contributed by atoms with E-state index in [-0.39, 0.29) is 17.7 Å². The standard InChI is InChI=1S/C12H22N2O2/c1-4-13(3)12(16)9-14-8-6-5-7-11(14)10(2)15/h11H,4-9H2,1-3H3. The maximum Gasteiger partial charge on any atom is 0.236 e. The Hall–Kier alpha value is -0.900. The first kappa shape index (κ1) is 13.2. The minimum absolute atomic E-state index is 0.0389.